The van der Waals surface area contributed by atoms with E-state index in [1.807, 2.05) is 17.0 Å². The molecule has 1 amide bonds. The molecule has 24 heavy (non-hydrogen) atoms. The number of carbonyl (C=O) groups excluding carboxylic acids is 1. The monoisotopic (exact) mass is 362 g/mol. The van der Waals surface area contributed by atoms with Gasteiger partial charge < -0.3 is 10.6 Å². The lowest BCUT2D eigenvalue weighted by atomic mass is 9.98. The molecule has 2 fully saturated rings. The highest BCUT2D eigenvalue weighted by Crippen LogP contribution is 2.37. The minimum absolute atomic E-state index is 0. The van der Waals surface area contributed by atoms with Crippen molar-refractivity contribution >= 4 is 40.8 Å². The maximum absolute atomic E-state index is 12.5. The Morgan fingerprint density at radius 3 is 2.71 bits per heavy atom. The number of benzene rings is 2. The zero-order valence-corrected chi connectivity index (χ0v) is 15.2. The number of nitrogens with two attached hydrogens (primary N) is 1. The lowest BCUT2D eigenvalue weighted by Gasteiger charge is -2.18. The molecule has 1 saturated carbocycles. The van der Waals surface area contributed by atoms with E-state index in [-0.39, 0.29) is 18.3 Å². The van der Waals surface area contributed by atoms with E-state index in [1.165, 1.54) is 17.2 Å². The first-order valence-electron chi connectivity index (χ1n) is 8.35. The van der Waals surface area contributed by atoms with Crippen LogP contribution in [-0.4, -0.2) is 35.7 Å². The number of halogens is 1. The first-order valence-corrected chi connectivity index (χ1v) is 9.34. The van der Waals surface area contributed by atoms with E-state index < -0.39 is 0 Å². The van der Waals surface area contributed by atoms with Crippen LogP contribution in [0, 0.1) is 11.8 Å². The van der Waals surface area contributed by atoms with Gasteiger partial charge in [0.15, 0.2) is 0 Å². The Kier molecular flexibility index (Phi) is 5.38. The Morgan fingerprint density at radius 2 is 1.92 bits per heavy atom. The highest BCUT2D eigenvalue weighted by molar-refractivity contribution is 8.00. The van der Waals surface area contributed by atoms with Crippen LogP contribution in [0.3, 0.4) is 0 Å². The van der Waals surface area contributed by atoms with E-state index in [4.69, 9.17) is 5.73 Å². The quantitative estimate of drug-likeness (QED) is 0.849. The van der Waals surface area contributed by atoms with Crippen molar-refractivity contribution in [2.75, 3.05) is 18.8 Å². The number of carbonyl (C=O) groups is 1. The SMILES string of the molecule is Cl.NC1CCC2CN(C(=O)CSc3ccc4ccccc4c3)CC12. The van der Waals surface area contributed by atoms with Crippen molar-refractivity contribution in [3.8, 4) is 0 Å². The van der Waals surface area contributed by atoms with Gasteiger partial charge in [-0.05, 0) is 47.6 Å². The second kappa shape index (κ2) is 7.34. The number of rotatable bonds is 3. The summed E-state index contributed by atoms with van der Waals surface area (Å²) in [7, 11) is 0. The highest BCUT2D eigenvalue weighted by Gasteiger charge is 2.42. The molecule has 1 aliphatic carbocycles. The van der Waals surface area contributed by atoms with Crippen molar-refractivity contribution < 1.29 is 4.79 Å². The topological polar surface area (TPSA) is 46.3 Å². The first kappa shape index (κ1) is 17.6. The van der Waals surface area contributed by atoms with Gasteiger partial charge >= 0.3 is 0 Å². The van der Waals surface area contributed by atoms with Crippen LogP contribution in [0.25, 0.3) is 10.8 Å². The molecule has 2 aromatic carbocycles. The van der Waals surface area contributed by atoms with Crippen LogP contribution in [0.2, 0.25) is 0 Å². The number of hydrogen-bond acceptors (Lipinski definition) is 3. The van der Waals surface area contributed by atoms with Gasteiger partial charge in [-0.1, -0.05) is 30.3 Å². The summed E-state index contributed by atoms with van der Waals surface area (Å²) >= 11 is 1.64. The molecule has 4 rings (SSSR count). The lowest BCUT2D eigenvalue weighted by molar-refractivity contribution is -0.127. The summed E-state index contributed by atoms with van der Waals surface area (Å²) in [5, 5.41) is 2.47. The predicted octanol–water partition coefficient (Wildman–Crippen LogP) is 3.55. The average molecular weight is 363 g/mol. The Morgan fingerprint density at radius 1 is 1.12 bits per heavy atom. The molecule has 1 aliphatic heterocycles. The third-order valence-electron chi connectivity index (χ3n) is 5.35. The van der Waals surface area contributed by atoms with Crippen LogP contribution in [0.15, 0.2) is 47.4 Å². The van der Waals surface area contributed by atoms with Gasteiger partial charge in [-0.2, -0.15) is 0 Å². The van der Waals surface area contributed by atoms with Crippen molar-refractivity contribution in [3.05, 3.63) is 42.5 Å². The fourth-order valence-corrected chi connectivity index (χ4v) is 4.85. The molecule has 0 aromatic heterocycles. The van der Waals surface area contributed by atoms with Gasteiger partial charge in [-0.3, -0.25) is 4.79 Å². The highest BCUT2D eigenvalue weighted by atomic mass is 35.5. The molecular weight excluding hydrogens is 340 g/mol. The molecule has 5 heteroatoms. The van der Waals surface area contributed by atoms with Crippen molar-refractivity contribution in [1.29, 1.82) is 0 Å². The normalized spacial score (nSPS) is 25.5. The number of amides is 1. The van der Waals surface area contributed by atoms with Crippen molar-refractivity contribution in [3.63, 3.8) is 0 Å². The molecule has 2 N–H and O–H groups in total. The third kappa shape index (κ3) is 3.41. The molecule has 3 atom stereocenters. The van der Waals surface area contributed by atoms with E-state index in [9.17, 15) is 4.79 Å². The van der Waals surface area contributed by atoms with E-state index in [0.717, 1.165) is 24.4 Å². The van der Waals surface area contributed by atoms with Crippen molar-refractivity contribution in [2.24, 2.45) is 17.6 Å². The number of hydrogen-bond donors (Lipinski definition) is 1. The maximum Gasteiger partial charge on any atom is 0.232 e. The van der Waals surface area contributed by atoms with E-state index in [1.54, 1.807) is 11.8 Å². The molecule has 3 nitrogen and oxygen atoms in total. The molecule has 0 bridgehead atoms. The lowest BCUT2D eigenvalue weighted by Crippen LogP contribution is -2.34. The van der Waals surface area contributed by atoms with Gasteiger partial charge in [0.25, 0.3) is 0 Å². The first-order chi connectivity index (χ1) is 11.2. The summed E-state index contributed by atoms with van der Waals surface area (Å²) < 4.78 is 0. The molecule has 1 saturated heterocycles. The summed E-state index contributed by atoms with van der Waals surface area (Å²) in [5.74, 6) is 1.95. The molecule has 1 heterocycles. The number of fused-ring (bicyclic) bond motifs is 2. The van der Waals surface area contributed by atoms with Gasteiger partial charge in [0.05, 0.1) is 5.75 Å². The summed E-state index contributed by atoms with van der Waals surface area (Å²) in [4.78, 5) is 15.7. The molecule has 3 unspecified atom stereocenters. The van der Waals surface area contributed by atoms with Gasteiger partial charge in [-0.25, -0.2) is 0 Å². The fourth-order valence-electron chi connectivity index (χ4n) is 4.00. The Bertz CT molecular complexity index is 738. The second-order valence-electron chi connectivity index (χ2n) is 6.76. The van der Waals surface area contributed by atoms with E-state index in [2.05, 4.69) is 30.3 Å². The predicted molar refractivity (Wildman–Crippen MR) is 103 cm³/mol. The smallest absolute Gasteiger partial charge is 0.232 e. The Balaban J connectivity index is 0.00000169. The minimum atomic E-state index is 0. The average Bonchev–Trinajstić information content (AvgIpc) is 3.15. The van der Waals surface area contributed by atoms with Gasteiger partial charge in [-0.15, -0.1) is 24.2 Å². The molecule has 2 aromatic rings. The third-order valence-corrected chi connectivity index (χ3v) is 6.33. The Labute approximate surface area is 153 Å². The molecule has 0 spiro atoms. The van der Waals surface area contributed by atoms with Gasteiger partial charge in [0.1, 0.15) is 0 Å². The Hall–Kier alpha value is -1.23. The molecule has 2 aliphatic rings. The zero-order chi connectivity index (χ0) is 15.8. The summed E-state index contributed by atoms with van der Waals surface area (Å²) in [6, 6.07) is 15.0. The summed E-state index contributed by atoms with van der Waals surface area (Å²) in [6.45, 7) is 1.78. The van der Waals surface area contributed by atoms with Crippen LogP contribution < -0.4 is 5.73 Å². The van der Waals surface area contributed by atoms with Crippen LogP contribution >= 0.6 is 24.2 Å². The number of likely N-dealkylation sites (tertiary alicyclic amines) is 1. The fraction of sp³-hybridized carbons (Fsp3) is 0.421. The van der Waals surface area contributed by atoms with Crippen LogP contribution in [-0.2, 0) is 4.79 Å². The van der Waals surface area contributed by atoms with Gasteiger partial charge in [0, 0.05) is 24.0 Å². The van der Waals surface area contributed by atoms with Crippen LogP contribution in [0.4, 0.5) is 0 Å². The zero-order valence-electron chi connectivity index (χ0n) is 13.6. The summed E-state index contributed by atoms with van der Waals surface area (Å²) in [5.41, 5.74) is 6.16. The number of thioether (sulfide) groups is 1. The molecular formula is C19H23ClN2OS. The van der Waals surface area contributed by atoms with Crippen LogP contribution in [0.1, 0.15) is 12.8 Å². The largest absolute Gasteiger partial charge is 0.341 e. The second-order valence-corrected chi connectivity index (χ2v) is 7.81. The molecule has 0 radical (unpaired) electrons. The van der Waals surface area contributed by atoms with Crippen molar-refractivity contribution in [2.45, 2.75) is 23.8 Å². The summed E-state index contributed by atoms with van der Waals surface area (Å²) in [6.07, 6.45) is 2.32. The van der Waals surface area contributed by atoms with Crippen LogP contribution in [0.5, 0.6) is 0 Å². The van der Waals surface area contributed by atoms with Crippen molar-refractivity contribution in [1.82, 2.24) is 4.90 Å². The van der Waals surface area contributed by atoms with E-state index in [0.29, 0.717) is 23.6 Å². The standard InChI is InChI=1S/C19H22N2OS.ClH/c20-18-8-6-15-10-21(11-17(15)18)19(22)12-23-16-7-5-13-3-1-2-4-14(13)9-16;/h1-5,7,9,15,17-18H,6,8,10-12,20H2;1H. The minimum Gasteiger partial charge on any atom is -0.341 e. The maximum atomic E-state index is 12.5. The molecule has 128 valence electrons. The van der Waals surface area contributed by atoms with Gasteiger partial charge in [0.2, 0.25) is 5.91 Å². The number of nitrogens with zero attached hydrogens (tertiary/aromatic N) is 1. The van der Waals surface area contributed by atoms with E-state index >= 15 is 0 Å².